The summed E-state index contributed by atoms with van der Waals surface area (Å²) in [6, 6.07) is 7.71. The van der Waals surface area contributed by atoms with Gasteiger partial charge in [0.15, 0.2) is 0 Å². The van der Waals surface area contributed by atoms with Crippen LogP contribution in [0.1, 0.15) is 6.92 Å². The van der Waals surface area contributed by atoms with Gasteiger partial charge in [-0.15, -0.1) is 11.8 Å². The quantitative estimate of drug-likeness (QED) is 0.515. The van der Waals surface area contributed by atoms with Gasteiger partial charge in [-0.2, -0.15) is 0 Å². The second kappa shape index (κ2) is 7.47. The van der Waals surface area contributed by atoms with Gasteiger partial charge in [-0.25, -0.2) is 9.78 Å². The van der Waals surface area contributed by atoms with Crippen LogP contribution in [-0.2, 0) is 9.53 Å². The van der Waals surface area contributed by atoms with Crippen molar-refractivity contribution in [2.24, 2.45) is 0 Å². The third-order valence-electron chi connectivity index (χ3n) is 2.63. The molecule has 0 saturated heterocycles. The van der Waals surface area contributed by atoms with Gasteiger partial charge < -0.3 is 9.47 Å². The number of thioether (sulfide) groups is 1. The summed E-state index contributed by atoms with van der Waals surface area (Å²) in [4.78, 5) is 16.3. The molecule has 2 aromatic rings. The summed E-state index contributed by atoms with van der Waals surface area (Å²) in [5.74, 6) is -0.0484. The van der Waals surface area contributed by atoms with Gasteiger partial charge in [0.2, 0.25) is 11.3 Å². The molecule has 0 radical (unpaired) electrons. The van der Waals surface area contributed by atoms with Gasteiger partial charge in [0, 0.05) is 9.86 Å². The maximum atomic E-state index is 11.8. The Hall–Kier alpha value is -0.790. The van der Waals surface area contributed by atoms with Gasteiger partial charge in [0.05, 0.1) is 16.6 Å². The second-order valence-corrected chi connectivity index (χ2v) is 6.63. The molecule has 0 amide bonds. The van der Waals surface area contributed by atoms with Crippen LogP contribution in [0.3, 0.4) is 0 Å². The van der Waals surface area contributed by atoms with E-state index in [-0.39, 0.29) is 0 Å². The molecule has 7 heteroatoms. The summed E-state index contributed by atoms with van der Waals surface area (Å²) in [5, 5.41) is 0.973. The summed E-state index contributed by atoms with van der Waals surface area (Å²) in [7, 11) is 0. The molecule has 112 valence electrons. The number of ether oxygens (including phenoxy) is 2. The zero-order chi connectivity index (χ0) is 15.4. The molecule has 1 heterocycles. The Kier molecular flexibility index (Phi) is 5.89. The molecule has 0 spiro atoms. The van der Waals surface area contributed by atoms with E-state index in [0.717, 1.165) is 15.4 Å². The van der Waals surface area contributed by atoms with Crippen molar-refractivity contribution in [3.05, 3.63) is 33.2 Å². The number of rotatable bonds is 5. The first-order chi connectivity index (χ1) is 10.1. The molecular weight excluding hydrogens is 422 g/mol. The van der Waals surface area contributed by atoms with Crippen molar-refractivity contribution in [1.29, 1.82) is 0 Å². The molecular formula is C14H13Br2NO3S. The Balaban J connectivity index is 2.35. The molecule has 0 fully saturated rings. The van der Waals surface area contributed by atoms with E-state index >= 15 is 0 Å². The summed E-state index contributed by atoms with van der Waals surface area (Å²) in [5.41, 5.74) is 0.0353. The van der Waals surface area contributed by atoms with E-state index in [2.05, 4.69) is 36.8 Å². The predicted molar refractivity (Wildman–Crippen MR) is 91.7 cm³/mol. The smallest absolute Gasteiger partial charge is 0.358 e. The number of hydrogen-bond acceptors (Lipinski definition) is 5. The number of fused-ring (bicyclic) bond motifs is 1. The van der Waals surface area contributed by atoms with E-state index < -0.39 is 11.4 Å². The van der Waals surface area contributed by atoms with Crippen molar-refractivity contribution in [2.75, 3.05) is 12.9 Å². The number of aromatic nitrogens is 1. The fourth-order valence-corrected chi connectivity index (χ4v) is 3.05. The predicted octanol–water partition coefficient (Wildman–Crippen LogP) is 4.39. The average Bonchev–Trinajstić information content (AvgIpc) is 2.46. The first-order valence-electron chi connectivity index (χ1n) is 6.17. The lowest BCUT2D eigenvalue weighted by Gasteiger charge is -2.16. The van der Waals surface area contributed by atoms with Crippen molar-refractivity contribution in [3.63, 3.8) is 0 Å². The minimum absolute atomic E-state index is 0.317. The van der Waals surface area contributed by atoms with Gasteiger partial charge >= 0.3 is 5.97 Å². The van der Waals surface area contributed by atoms with Gasteiger partial charge in [0.1, 0.15) is 0 Å². The molecule has 0 saturated carbocycles. The summed E-state index contributed by atoms with van der Waals surface area (Å²) < 4.78 is 12.2. The molecule has 1 aromatic carbocycles. The third-order valence-corrected chi connectivity index (χ3v) is 4.55. The fraction of sp³-hybridized carbons (Fsp3) is 0.286. The lowest BCUT2D eigenvalue weighted by molar-refractivity contribution is -0.147. The maximum absolute atomic E-state index is 11.8. The van der Waals surface area contributed by atoms with Crippen molar-refractivity contribution < 1.29 is 14.3 Å². The zero-order valence-electron chi connectivity index (χ0n) is 11.4. The Bertz CT molecular complexity index is 666. The SMILES string of the molecule is CCOC(=O)C(Oc1nc2c(Br)cccc2cc1Br)SC. The lowest BCUT2D eigenvalue weighted by atomic mass is 10.2. The van der Waals surface area contributed by atoms with Crippen LogP contribution in [0.25, 0.3) is 10.9 Å². The van der Waals surface area contributed by atoms with Crippen molar-refractivity contribution in [2.45, 2.75) is 12.4 Å². The van der Waals surface area contributed by atoms with Crippen LogP contribution in [0.2, 0.25) is 0 Å². The monoisotopic (exact) mass is 433 g/mol. The molecule has 0 N–H and O–H groups in total. The third kappa shape index (κ3) is 3.90. The van der Waals surface area contributed by atoms with Crippen molar-refractivity contribution in [3.8, 4) is 5.88 Å². The summed E-state index contributed by atoms with van der Waals surface area (Å²) in [6.07, 6.45) is 1.78. The number of nitrogens with zero attached hydrogens (tertiary/aromatic N) is 1. The highest BCUT2D eigenvalue weighted by Gasteiger charge is 2.22. The molecule has 1 aromatic heterocycles. The van der Waals surface area contributed by atoms with Gasteiger partial charge in [-0.3, -0.25) is 0 Å². The highest BCUT2D eigenvalue weighted by molar-refractivity contribution is 9.11. The van der Waals surface area contributed by atoms with E-state index in [1.165, 1.54) is 11.8 Å². The molecule has 0 aliphatic rings. The number of halogens is 2. The molecule has 0 aliphatic carbocycles. The van der Waals surface area contributed by atoms with Crippen LogP contribution >= 0.6 is 43.6 Å². The van der Waals surface area contributed by atoms with Crippen molar-refractivity contribution in [1.82, 2.24) is 4.98 Å². The Morgan fingerprint density at radius 1 is 1.38 bits per heavy atom. The van der Waals surface area contributed by atoms with Crippen LogP contribution in [0.15, 0.2) is 33.2 Å². The Morgan fingerprint density at radius 3 is 2.81 bits per heavy atom. The maximum Gasteiger partial charge on any atom is 0.358 e. The number of hydrogen-bond donors (Lipinski definition) is 0. The Morgan fingerprint density at radius 2 is 2.14 bits per heavy atom. The average molecular weight is 435 g/mol. The summed E-state index contributed by atoms with van der Waals surface area (Å²) in [6.45, 7) is 2.08. The summed E-state index contributed by atoms with van der Waals surface area (Å²) >= 11 is 8.15. The van der Waals surface area contributed by atoms with E-state index in [9.17, 15) is 4.79 Å². The number of carbonyl (C=O) groups is 1. The van der Waals surface area contributed by atoms with Crippen LogP contribution in [0.5, 0.6) is 5.88 Å². The largest absolute Gasteiger partial charge is 0.463 e. The van der Waals surface area contributed by atoms with Gasteiger partial charge in [0.25, 0.3) is 0 Å². The molecule has 1 atom stereocenters. The minimum atomic E-state index is -0.742. The van der Waals surface area contributed by atoms with E-state index in [4.69, 9.17) is 9.47 Å². The number of pyridine rings is 1. The molecule has 0 bridgehead atoms. The molecule has 0 aliphatic heterocycles. The van der Waals surface area contributed by atoms with Crippen molar-refractivity contribution >= 4 is 60.5 Å². The van der Waals surface area contributed by atoms with Crippen LogP contribution < -0.4 is 4.74 Å². The molecule has 21 heavy (non-hydrogen) atoms. The number of benzene rings is 1. The highest BCUT2D eigenvalue weighted by atomic mass is 79.9. The van der Waals surface area contributed by atoms with E-state index in [0.29, 0.717) is 17.0 Å². The van der Waals surface area contributed by atoms with Crippen LogP contribution in [0.4, 0.5) is 0 Å². The molecule has 4 nitrogen and oxygen atoms in total. The zero-order valence-corrected chi connectivity index (χ0v) is 15.4. The first-order valence-corrected chi connectivity index (χ1v) is 9.05. The fourth-order valence-electron chi connectivity index (χ4n) is 1.71. The Labute approximate surface area is 143 Å². The van der Waals surface area contributed by atoms with Crippen LogP contribution in [-0.4, -0.2) is 29.3 Å². The topological polar surface area (TPSA) is 48.4 Å². The van der Waals surface area contributed by atoms with E-state index in [1.807, 2.05) is 24.3 Å². The van der Waals surface area contributed by atoms with E-state index in [1.54, 1.807) is 13.2 Å². The van der Waals surface area contributed by atoms with Crippen LogP contribution in [0, 0.1) is 0 Å². The normalized spacial score (nSPS) is 12.2. The first kappa shape index (κ1) is 16.6. The number of carbonyl (C=O) groups excluding carboxylic acids is 1. The van der Waals surface area contributed by atoms with Gasteiger partial charge in [-0.05, 0) is 57.2 Å². The lowest BCUT2D eigenvalue weighted by Crippen LogP contribution is -2.26. The molecule has 2 rings (SSSR count). The standard InChI is InChI=1S/C14H13Br2NO3S/c1-3-19-13(18)14(21-2)20-12-10(16)7-8-5-4-6-9(15)11(8)17-12/h4-7,14H,3H2,1-2H3. The number of esters is 1. The second-order valence-electron chi connectivity index (χ2n) is 4.02. The highest BCUT2D eigenvalue weighted by Crippen LogP contribution is 2.32. The molecule has 1 unspecified atom stereocenters. The minimum Gasteiger partial charge on any atom is -0.463 e. The van der Waals surface area contributed by atoms with Gasteiger partial charge in [-0.1, -0.05) is 12.1 Å². The number of para-hydroxylation sites is 1.